The van der Waals surface area contributed by atoms with Gasteiger partial charge in [0.2, 0.25) is 5.91 Å². The molecule has 1 N–H and O–H groups in total. The van der Waals surface area contributed by atoms with Crippen molar-refractivity contribution in [2.24, 2.45) is 0 Å². The zero-order chi connectivity index (χ0) is 21.5. The van der Waals surface area contributed by atoms with E-state index in [1.807, 2.05) is 31.2 Å². The summed E-state index contributed by atoms with van der Waals surface area (Å²) in [5.41, 5.74) is 0.927. The van der Waals surface area contributed by atoms with E-state index in [0.29, 0.717) is 51.4 Å². The molecule has 160 valence electrons. The smallest absolute Gasteiger partial charge is 0.256 e. The Morgan fingerprint density at radius 3 is 2.57 bits per heavy atom. The van der Waals surface area contributed by atoms with E-state index < -0.39 is 17.5 Å². The number of likely N-dealkylation sites (tertiary alicyclic amines) is 1. The number of nitrogens with zero attached hydrogens (tertiary/aromatic N) is 1. The SMILES string of the molecule is Cc1ccccc1OCCCC(=O)NC1CCN(C(=O)c2ccc(F)cc2F)CC1. The van der Waals surface area contributed by atoms with Crippen molar-refractivity contribution in [2.75, 3.05) is 19.7 Å². The van der Waals surface area contributed by atoms with Gasteiger partial charge in [0.15, 0.2) is 0 Å². The van der Waals surface area contributed by atoms with Crippen LogP contribution in [0.4, 0.5) is 8.78 Å². The van der Waals surface area contributed by atoms with Crippen LogP contribution < -0.4 is 10.1 Å². The highest BCUT2D eigenvalue weighted by Gasteiger charge is 2.26. The molecule has 1 heterocycles. The summed E-state index contributed by atoms with van der Waals surface area (Å²) in [7, 11) is 0. The van der Waals surface area contributed by atoms with Crippen LogP contribution in [-0.4, -0.2) is 42.5 Å². The van der Waals surface area contributed by atoms with Gasteiger partial charge in [-0.1, -0.05) is 18.2 Å². The van der Waals surface area contributed by atoms with E-state index in [-0.39, 0.29) is 17.5 Å². The average molecular weight is 416 g/mol. The first-order valence-electron chi connectivity index (χ1n) is 10.2. The molecule has 0 radical (unpaired) electrons. The Kier molecular flexibility index (Phi) is 7.38. The molecule has 2 aromatic carbocycles. The molecule has 0 spiro atoms. The Morgan fingerprint density at radius 1 is 1.13 bits per heavy atom. The van der Waals surface area contributed by atoms with Crippen LogP contribution in [-0.2, 0) is 4.79 Å². The number of nitrogens with one attached hydrogen (secondary N) is 1. The van der Waals surface area contributed by atoms with Gasteiger partial charge >= 0.3 is 0 Å². The molecule has 0 aliphatic carbocycles. The van der Waals surface area contributed by atoms with Crippen LogP contribution in [0, 0.1) is 18.6 Å². The molecule has 2 amide bonds. The van der Waals surface area contributed by atoms with E-state index in [1.54, 1.807) is 0 Å². The van der Waals surface area contributed by atoms with Gasteiger partial charge in [-0.15, -0.1) is 0 Å². The number of ether oxygens (including phenoxy) is 1. The zero-order valence-corrected chi connectivity index (χ0v) is 17.0. The first-order chi connectivity index (χ1) is 14.4. The van der Waals surface area contributed by atoms with E-state index in [2.05, 4.69) is 5.32 Å². The van der Waals surface area contributed by atoms with Crippen molar-refractivity contribution in [2.45, 2.75) is 38.6 Å². The lowest BCUT2D eigenvalue weighted by atomic mass is 10.0. The first-order valence-corrected chi connectivity index (χ1v) is 10.2. The van der Waals surface area contributed by atoms with Crippen molar-refractivity contribution in [1.29, 1.82) is 0 Å². The van der Waals surface area contributed by atoms with E-state index in [1.165, 1.54) is 11.0 Å². The molecule has 0 saturated carbocycles. The fraction of sp³-hybridized carbons (Fsp3) is 0.391. The minimum absolute atomic E-state index is 0.0168. The lowest BCUT2D eigenvalue weighted by Gasteiger charge is -2.32. The van der Waals surface area contributed by atoms with Gasteiger partial charge in [0.1, 0.15) is 17.4 Å². The van der Waals surface area contributed by atoms with Crippen LogP contribution in [0.1, 0.15) is 41.6 Å². The summed E-state index contributed by atoms with van der Waals surface area (Å²) in [5.74, 6) is -1.24. The molecular weight excluding hydrogens is 390 g/mol. The summed E-state index contributed by atoms with van der Waals surface area (Å²) in [5, 5.41) is 2.99. The molecule has 1 saturated heterocycles. The average Bonchev–Trinajstić information content (AvgIpc) is 2.72. The van der Waals surface area contributed by atoms with Crippen LogP contribution in [0.25, 0.3) is 0 Å². The fourth-order valence-electron chi connectivity index (χ4n) is 3.49. The van der Waals surface area contributed by atoms with Crippen molar-refractivity contribution >= 4 is 11.8 Å². The number of rotatable bonds is 7. The molecular formula is C23H26F2N2O3. The standard InChI is InChI=1S/C23H26F2N2O3/c1-16-5-2-3-6-21(16)30-14-4-7-22(28)26-18-10-12-27(13-11-18)23(29)19-9-8-17(24)15-20(19)25/h2-3,5-6,8-9,15,18H,4,7,10-14H2,1H3,(H,26,28). The fourth-order valence-corrected chi connectivity index (χ4v) is 3.49. The molecule has 7 heteroatoms. The maximum Gasteiger partial charge on any atom is 0.256 e. The number of para-hydroxylation sites is 1. The number of aryl methyl sites for hydroxylation is 1. The van der Waals surface area contributed by atoms with Crippen LogP contribution in [0.5, 0.6) is 5.75 Å². The molecule has 3 rings (SSSR count). The second kappa shape index (κ2) is 10.2. The van der Waals surface area contributed by atoms with Crippen molar-refractivity contribution in [3.63, 3.8) is 0 Å². The van der Waals surface area contributed by atoms with Gasteiger partial charge in [-0.25, -0.2) is 8.78 Å². The number of halogens is 2. The Morgan fingerprint density at radius 2 is 1.87 bits per heavy atom. The summed E-state index contributed by atoms with van der Waals surface area (Å²) < 4.78 is 32.6. The monoisotopic (exact) mass is 416 g/mol. The van der Waals surface area contributed by atoms with Gasteiger partial charge in [-0.2, -0.15) is 0 Å². The highest BCUT2D eigenvalue weighted by Crippen LogP contribution is 2.18. The molecule has 5 nitrogen and oxygen atoms in total. The Balaban J connectivity index is 1.37. The predicted molar refractivity (Wildman–Crippen MR) is 109 cm³/mol. The third-order valence-corrected chi connectivity index (χ3v) is 5.21. The molecule has 1 aliphatic rings. The number of piperidine rings is 1. The van der Waals surface area contributed by atoms with Gasteiger partial charge in [-0.05, 0) is 49.9 Å². The van der Waals surface area contributed by atoms with Crippen LogP contribution in [0.15, 0.2) is 42.5 Å². The molecule has 0 unspecified atom stereocenters. The van der Waals surface area contributed by atoms with Crippen LogP contribution in [0.2, 0.25) is 0 Å². The van der Waals surface area contributed by atoms with Crippen LogP contribution in [0.3, 0.4) is 0 Å². The van der Waals surface area contributed by atoms with Crippen molar-refractivity contribution in [3.8, 4) is 5.75 Å². The minimum atomic E-state index is -0.858. The molecule has 2 aromatic rings. The zero-order valence-electron chi connectivity index (χ0n) is 17.0. The predicted octanol–water partition coefficient (Wildman–Crippen LogP) is 3.85. The Labute approximate surface area is 175 Å². The molecule has 0 bridgehead atoms. The number of hydrogen-bond donors (Lipinski definition) is 1. The van der Waals surface area contributed by atoms with Gasteiger partial charge < -0.3 is 15.0 Å². The van der Waals surface area contributed by atoms with Crippen molar-refractivity contribution < 1.29 is 23.1 Å². The van der Waals surface area contributed by atoms with Gasteiger partial charge in [0, 0.05) is 31.6 Å². The van der Waals surface area contributed by atoms with Crippen molar-refractivity contribution in [1.82, 2.24) is 10.2 Å². The maximum atomic E-state index is 13.8. The largest absolute Gasteiger partial charge is 0.493 e. The normalized spacial score (nSPS) is 14.4. The van der Waals surface area contributed by atoms with E-state index >= 15 is 0 Å². The molecule has 1 aliphatic heterocycles. The second-order valence-corrected chi connectivity index (χ2v) is 7.48. The topological polar surface area (TPSA) is 58.6 Å². The van der Waals surface area contributed by atoms with E-state index in [0.717, 1.165) is 17.4 Å². The maximum absolute atomic E-state index is 13.8. The van der Waals surface area contributed by atoms with Crippen molar-refractivity contribution in [3.05, 3.63) is 65.2 Å². The first kappa shape index (κ1) is 21.7. The van der Waals surface area contributed by atoms with Gasteiger partial charge in [-0.3, -0.25) is 9.59 Å². The highest BCUT2D eigenvalue weighted by atomic mass is 19.1. The van der Waals surface area contributed by atoms with E-state index in [9.17, 15) is 18.4 Å². The number of hydrogen-bond acceptors (Lipinski definition) is 3. The third-order valence-electron chi connectivity index (χ3n) is 5.21. The Bertz CT molecular complexity index is 896. The summed E-state index contributed by atoms with van der Waals surface area (Å²) in [6, 6.07) is 10.7. The molecule has 0 atom stereocenters. The minimum Gasteiger partial charge on any atom is -0.493 e. The summed E-state index contributed by atoms with van der Waals surface area (Å²) in [4.78, 5) is 26.1. The number of carbonyl (C=O) groups is 2. The second-order valence-electron chi connectivity index (χ2n) is 7.48. The number of amides is 2. The summed E-state index contributed by atoms with van der Waals surface area (Å²) in [6.07, 6.45) is 2.17. The Hall–Kier alpha value is -2.96. The molecule has 0 aromatic heterocycles. The lowest BCUT2D eigenvalue weighted by Crippen LogP contribution is -2.46. The van der Waals surface area contributed by atoms with Gasteiger partial charge in [0.25, 0.3) is 5.91 Å². The number of carbonyl (C=O) groups excluding carboxylic acids is 2. The summed E-state index contributed by atoms with van der Waals surface area (Å²) >= 11 is 0. The van der Waals surface area contributed by atoms with Gasteiger partial charge in [0.05, 0.1) is 12.2 Å². The quantitative estimate of drug-likeness (QED) is 0.698. The van der Waals surface area contributed by atoms with Crippen LogP contribution >= 0.6 is 0 Å². The summed E-state index contributed by atoms with van der Waals surface area (Å²) in [6.45, 7) is 3.27. The van der Waals surface area contributed by atoms with E-state index in [4.69, 9.17) is 4.74 Å². The number of benzene rings is 2. The molecule has 30 heavy (non-hydrogen) atoms. The lowest BCUT2D eigenvalue weighted by molar-refractivity contribution is -0.122. The highest BCUT2D eigenvalue weighted by molar-refractivity contribution is 5.94. The third kappa shape index (κ3) is 5.78. The molecule has 1 fully saturated rings.